The fraction of sp³-hybridized carbons (Fsp3) is 0.562. The number of amides is 1. The topological polar surface area (TPSA) is 79.3 Å². The maximum Gasteiger partial charge on any atom is 0.337 e. The third kappa shape index (κ3) is 3.60. The molecule has 0 unspecified atom stereocenters. The zero-order valence-corrected chi connectivity index (χ0v) is 12.8. The van der Waals surface area contributed by atoms with E-state index in [-0.39, 0.29) is 22.7 Å². The molecule has 5 heteroatoms. The minimum Gasteiger partial charge on any atom is -0.478 e. The summed E-state index contributed by atoms with van der Waals surface area (Å²) in [5.41, 5.74) is 0.573. The minimum atomic E-state index is -1.03. The number of carboxylic acid groups (broad SMARTS) is 1. The Labute approximate surface area is 124 Å². The molecule has 0 atom stereocenters. The normalized spacial score (nSPS) is 25.4. The van der Waals surface area contributed by atoms with Crippen molar-refractivity contribution < 1.29 is 14.7 Å². The van der Waals surface area contributed by atoms with E-state index in [4.69, 9.17) is 5.11 Å². The van der Waals surface area contributed by atoms with E-state index in [9.17, 15) is 9.59 Å². The Morgan fingerprint density at radius 3 is 2.48 bits per heavy atom. The van der Waals surface area contributed by atoms with Gasteiger partial charge in [0.2, 0.25) is 0 Å². The SMILES string of the molecule is Cc1nc(C(=O)NC2(C)CCC(C)CC2)ccc1C(=O)O. The fourth-order valence-electron chi connectivity index (χ4n) is 2.78. The molecular weight excluding hydrogens is 268 g/mol. The van der Waals surface area contributed by atoms with Crippen LogP contribution in [0.15, 0.2) is 12.1 Å². The van der Waals surface area contributed by atoms with E-state index in [1.165, 1.54) is 12.1 Å². The summed E-state index contributed by atoms with van der Waals surface area (Å²) in [5.74, 6) is -0.544. The number of carbonyl (C=O) groups excluding carboxylic acids is 1. The molecule has 21 heavy (non-hydrogen) atoms. The first-order chi connectivity index (χ1) is 9.81. The van der Waals surface area contributed by atoms with E-state index < -0.39 is 5.97 Å². The van der Waals surface area contributed by atoms with Gasteiger partial charge in [0.15, 0.2) is 0 Å². The molecule has 2 N–H and O–H groups in total. The molecule has 1 amide bonds. The van der Waals surface area contributed by atoms with Crippen molar-refractivity contribution in [2.75, 3.05) is 0 Å². The van der Waals surface area contributed by atoms with Crippen molar-refractivity contribution in [3.63, 3.8) is 0 Å². The summed E-state index contributed by atoms with van der Waals surface area (Å²) < 4.78 is 0. The Morgan fingerprint density at radius 2 is 1.95 bits per heavy atom. The average molecular weight is 290 g/mol. The lowest BCUT2D eigenvalue weighted by Gasteiger charge is -2.37. The van der Waals surface area contributed by atoms with E-state index >= 15 is 0 Å². The molecule has 1 aromatic rings. The molecule has 0 aliphatic heterocycles. The quantitative estimate of drug-likeness (QED) is 0.897. The summed E-state index contributed by atoms with van der Waals surface area (Å²) in [4.78, 5) is 27.4. The molecule has 1 fully saturated rings. The van der Waals surface area contributed by atoms with Gasteiger partial charge in [-0.1, -0.05) is 6.92 Å². The Balaban J connectivity index is 2.10. The van der Waals surface area contributed by atoms with Gasteiger partial charge >= 0.3 is 5.97 Å². The fourth-order valence-corrected chi connectivity index (χ4v) is 2.78. The molecule has 114 valence electrons. The predicted molar refractivity (Wildman–Crippen MR) is 79.4 cm³/mol. The van der Waals surface area contributed by atoms with Gasteiger partial charge in [0, 0.05) is 5.54 Å². The second-order valence-electron chi connectivity index (χ2n) is 6.33. The third-order valence-electron chi connectivity index (χ3n) is 4.34. The highest BCUT2D eigenvalue weighted by Crippen LogP contribution is 2.31. The van der Waals surface area contributed by atoms with Crippen LogP contribution >= 0.6 is 0 Å². The number of aryl methyl sites for hydroxylation is 1. The highest BCUT2D eigenvalue weighted by molar-refractivity contribution is 5.94. The maximum absolute atomic E-state index is 12.3. The molecule has 0 saturated heterocycles. The summed E-state index contributed by atoms with van der Waals surface area (Å²) >= 11 is 0. The molecule has 5 nitrogen and oxygen atoms in total. The number of hydrogen-bond donors (Lipinski definition) is 2. The molecule has 0 bridgehead atoms. The molecule has 1 saturated carbocycles. The molecule has 0 aromatic carbocycles. The Hall–Kier alpha value is -1.91. The van der Waals surface area contributed by atoms with Crippen molar-refractivity contribution in [1.29, 1.82) is 0 Å². The molecule has 0 radical (unpaired) electrons. The highest BCUT2D eigenvalue weighted by atomic mass is 16.4. The largest absolute Gasteiger partial charge is 0.478 e. The first-order valence-corrected chi connectivity index (χ1v) is 7.34. The second-order valence-corrected chi connectivity index (χ2v) is 6.33. The van der Waals surface area contributed by atoms with E-state index in [1.807, 2.05) is 0 Å². The monoisotopic (exact) mass is 290 g/mol. The Bertz CT molecular complexity index is 561. The first kappa shape index (κ1) is 15.5. The van der Waals surface area contributed by atoms with Gasteiger partial charge in [-0.05, 0) is 57.6 Å². The summed E-state index contributed by atoms with van der Waals surface area (Å²) in [6, 6.07) is 2.91. The number of nitrogens with zero attached hydrogens (tertiary/aromatic N) is 1. The molecule has 1 heterocycles. The van der Waals surface area contributed by atoms with Gasteiger partial charge in [-0.15, -0.1) is 0 Å². The van der Waals surface area contributed by atoms with Crippen LogP contribution in [0.25, 0.3) is 0 Å². The molecule has 1 aliphatic carbocycles. The number of hydrogen-bond acceptors (Lipinski definition) is 3. The molecule has 1 aromatic heterocycles. The third-order valence-corrected chi connectivity index (χ3v) is 4.34. The van der Waals surface area contributed by atoms with Crippen LogP contribution in [0.5, 0.6) is 0 Å². The number of carboxylic acids is 1. The molecule has 2 rings (SSSR count). The van der Waals surface area contributed by atoms with E-state index in [0.717, 1.165) is 25.7 Å². The smallest absolute Gasteiger partial charge is 0.337 e. The number of aromatic carboxylic acids is 1. The van der Waals surface area contributed by atoms with Crippen molar-refractivity contribution in [2.45, 2.75) is 52.0 Å². The van der Waals surface area contributed by atoms with Crippen LogP contribution < -0.4 is 5.32 Å². The minimum absolute atomic E-state index is 0.129. The van der Waals surface area contributed by atoms with Crippen LogP contribution in [0.3, 0.4) is 0 Å². The molecule has 1 aliphatic rings. The van der Waals surface area contributed by atoms with Crippen LogP contribution in [0, 0.1) is 12.8 Å². The lowest BCUT2D eigenvalue weighted by molar-refractivity contribution is 0.0694. The van der Waals surface area contributed by atoms with Gasteiger partial charge in [0.05, 0.1) is 11.3 Å². The average Bonchev–Trinajstić information content (AvgIpc) is 2.42. The predicted octanol–water partition coefficient (Wildman–Crippen LogP) is 2.79. The summed E-state index contributed by atoms with van der Waals surface area (Å²) in [5, 5.41) is 12.0. The van der Waals surface area contributed by atoms with Crippen LogP contribution in [-0.4, -0.2) is 27.5 Å². The van der Waals surface area contributed by atoms with Gasteiger partial charge in [0.25, 0.3) is 5.91 Å². The summed E-state index contributed by atoms with van der Waals surface area (Å²) in [6.45, 7) is 5.90. The van der Waals surface area contributed by atoms with Gasteiger partial charge in [-0.2, -0.15) is 0 Å². The maximum atomic E-state index is 12.3. The molecule has 0 spiro atoms. The van der Waals surface area contributed by atoms with Crippen LogP contribution in [0.2, 0.25) is 0 Å². The van der Waals surface area contributed by atoms with Crippen LogP contribution in [-0.2, 0) is 0 Å². The standard InChI is InChI=1S/C16H22N2O3/c1-10-6-8-16(3,9-7-10)18-14(19)13-5-4-12(15(20)21)11(2)17-13/h4-5,10H,6-9H2,1-3H3,(H,18,19)(H,20,21). The van der Waals surface area contributed by atoms with E-state index in [2.05, 4.69) is 24.1 Å². The zero-order valence-electron chi connectivity index (χ0n) is 12.8. The number of rotatable bonds is 3. The van der Waals surface area contributed by atoms with Gasteiger partial charge in [-0.3, -0.25) is 4.79 Å². The molecular formula is C16H22N2O3. The van der Waals surface area contributed by atoms with Gasteiger partial charge in [0.1, 0.15) is 5.69 Å². The highest BCUT2D eigenvalue weighted by Gasteiger charge is 2.31. The number of carbonyl (C=O) groups is 2. The van der Waals surface area contributed by atoms with Crippen molar-refractivity contribution in [2.24, 2.45) is 5.92 Å². The van der Waals surface area contributed by atoms with E-state index in [0.29, 0.717) is 11.6 Å². The zero-order chi connectivity index (χ0) is 15.6. The van der Waals surface area contributed by atoms with Crippen molar-refractivity contribution in [1.82, 2.24) is 10.3 Å². The van der Waals surface area contributed by atoms with Crippen molar-refractivity contribution in [3.8, 4) is 0 Å². The van der Waals surface area contributed by atoms with Gasteiger partial charge in [-0.25, -0.2) is 9.78 Å². The summed E-state index contributed by atoms with van der Waals surface area (Å²) in [7, 11) is 0. The second kappa shape index (κ2) is 5.84. The van der Waals surface area contributed by atoms with E-state index in [1.54, 1.807) is 6.92 Å². The summed E-state index contributed by atoms with van der Waals surface area (Å²) in [6.07, 6.45) is 4.15. The number of aromatic nitrogens is 1. The number of nitrogens with one attached hydrogen (secondary N) is 1. The first-order valence-electron chi connectivity index (χ1n) is 7.34. The van der Waals surface area contributed by atoms with Gasteiger partial charge < -0.3 is 10.4 Å². The van der Waals surface area contributed by atoms with Crippen LogP contribution in [0.4, 0.5) is 0 Å². The lowest BCUT2D eigenvalue weighted by atomic mass is 9.78. The van der Waals surface area contributed by atoms with Crippen LogP contribution in [0.1, 0.15) is 66.1 Å². The van der Waals surface area contributed by atoms with Crippen molar-refractivity contribution >= 4 is 11.9 Å². The Morgan fingerprint density at radius 1 is 1.33 bits per heavy atom. The lowest BCUT2D eigenvalue weighted by Crippen LogP contribution is -2.48. The van der Waals surface area contributed by atoms with Crippen molar-refractivity contribution in [3.05, 3.63) is 29.1 Å². The number of pyridine rings is 1. The Kier molecular flexibility index (Phi) is 4.30.